The summed E-state index contributed by atoms with van der Waals surface area (Å²) in [7, 11) is 1.56. The summed E-state index contributed by atoms with van der Waals surface area (Å²) in [5, 5.41) is 15.3. The van der Waals surface area contributed by atoms with Gasteiger partial charge in [0.1, 0.15) is 48.0 Å². The Bertz CT molecular complexity index is 1340. The second kappa shape index (κ2) is 10.9. The molecule has 0 fully saturated rings. The maximum Gasteiger partial charge on any atom is 0.185 e. The first-order valence-electron chi connectivity index (χ1n) is 11.0. The molecular formula is C27H23F2N3O4. The van der Waals surface area contributed by atoms with E-state index in [-0.39, 0.29) is 24.5 Å². The Labute approximate surface area is 206 Å². The molecule has 0 spiro atoms. The standard InChI is InChI=1S/C27H23F2N3O4/c1-35-22-10-5-20(6-11-22)26(33)13-4-19-2-8-23(9-3-19)36-16-27(34,15-32-18-30-17-31-32)24-12-7-21(28)14-25(24)29/h2-14,17-18,34H,15-16H2,1H3. The number of methoxy groups -OCH3 is 1. The van der Waals surface area contributed by atoms with Gasteiger partial charge < -0.3 is 14.6 Å². The number of halogens is 2. The van der Waals surface area contributed by atoms with Gasteiger partial charge in [-0.1, -0.05) is 24.3 Å². The smallest absolute Gasteiger partial charge is 0.185 e. The van der Waals surface area contributed by atoms with Crippen molar-refractivity contribution in [2.24, 2.45) is 0 Å². The zero-order valence-electron chi connectivity index (χ0n) is 19.3. The Morgan fingerprint density at radius 1 is 1.06 bits per heavy atom. The summed E-state index contributed by atoms with van der Waals surface area (Å²) in [6.45, 7) is -0.496. The summed E-state index contributed by atoms with van der Waals surface area (Å²) in [4.78, 5) is 16.2. The Balaban J connectivity index is 1.44. The van der Waals surface area contributed by atoms with Crippen molar-refractivity contribution in [3.05, 3.63) is 114 Å². The van der Waals surface area contributed by atoms with Crippen molar-refractivity contribution in [3.8, 4) is 11.5 Å². The molecule has 0 amide bonds. The Kier molecular flexibility index (Phi) is 7.50. The molecule has 0 aliphatic heterocycles. The van der Waals surface area contributed by atoms with Gasteiger partial charge in [-0.25, -0.2) is 18.4 Å². The minimum absolute atomic E-state index is 0.129. The molecule has 184 valence electrons. The molecule has 0 aliphatic carbocycles. The molecule has 9 heteroatoms. The van der Waals surface area contributed by atoms with Gasteiger partial charge >= 0.3 is 0 Å². The fourth-order valence-electron chi connectivity index (χ4n) is 3.56. The molecule has 0 bridgehead atoms. The van der Waals surface area contributed by atoms with Crippen molar-refractivity contribution >= 4 is 11.9 Å². The largest absolute Gasteiger partial charge is 0.497 e. The van der Waals surface area contributed by atoms with Gasteiger partial charge in [0.15, 0.2) is 5.78 Å². The highest BCUT2D eigenvalue weighted by molar-refractivity contribution is 6.06. The molecule has 4 rings (SSSR count). The number of carbonyl (C=O) groups excluding carboxylic acids is 1. The van der Waals surface area contributed by atoms with E-state index < -0.39 is 17.2 Å². The molecule has 1 unspecified atom stereocenters. The van der Waals surface area contributed by atoms with Crippen LogP contribution in [0.3, 0.4) is 0 Å². The van der Waals surface area contributed by atoms with E-state index in [1.165, 1.54) is 29.5 Å². The molecule has 3 aromatic carbocycles. The first-order chi connectivity index (χ1) is 17.4. The second-order valence-corrected chi connectivity index (χ2v) is 8.03. The first-order valence-corrected chi connectivity index (χ1v) is 11.0. The lowest BCUT2D eigenvalue weighted by atomic mass is 9.94. The normalized spacial score (nSPS) is 12.9. The van der Waals surface area contributed by atoms with Crippen molar-refractivity contribution in [1.82, 2.24) is 14.8 Å². The minimum Gasteiger partial charge on any atom is -0.497 e. The Morgan fingerprint density at radius 3 is 2.42 bits per heavy atom. The van der Waals surface area contributed by atoms with Gasteiger partial charge in [-0.2, -0.15) is 5.10 Å². The second-order valence-electron chi connectivity index (χ2n) is 8.03. The molecule has 1 heterocycles. The highest BCUT2D eigenvalue weighted by Gasteiger charge is 2.34. The number of benzene rings is 3. The minimum atomic E-state index is -1.85. The van der Waals surface area contributed by atoms with Gasteiger partial charge in [0.25, 0.3) is 0 Å². The van der Waals surface area contributed by atoms with Gasteiger partial charge in [0.05, 0.1) is 13.7 Å². The predicted molar refractivity (Wildman–Crippen MR) is 129 cm³/mol. The Hall–Kier alpha value is -4.37. The monoisotopic (exact) mass is 491 g/mol. The van der Waals surface area contributed by atoms with Crippen LogP contribution >= 0.6 is 0 Å². The van der Waals surface area contributed by atoms with Crippen molar-refractivity contribution in [1.29, 1.82) is 0 Å². The molecular weight excluding hydrogens is 468 g/mol. The lowest BCUT2D eigenvalue weighted by Crippen LogP contribution is -2.39. The number of ether oxygens (including phenoxy) is 2. The fraction of sp³-hybridized carbons (Fsp3) is 0.148. The number of allylic oxidation sites excluding steroid dienone is 1. The number of aliphatic hydroxyl groups is 1. The summed E-state index contributed by atoms with van der Waals surface area (Å²) in [5.74, 6) is -0.732. The van der Waals surface area contributed by atoms with Crippen LogP contribution < -0.4 is 9.47 Å². The van der Waals surface area contributed by atoms with Crippen LogP contribution in [0.25, 0.3) is 6.08 Å². The van der Waals surface area contributed by atoms with Crippen LogP contribution in [0.15, 0.2) is 85.5 Å². The van der Waals surface area contributed by atoms with Crippen LogP contribution in [0, 0.1) is 11.6 Å². The first kappa shape index (κ1) is 24.7. The summed E-state index contributed by atoms with van der Waals surface area (Å²) in [6.07, 6.45) is 5.80. The lowest BCUT2D eigenvalue weighted by Gasteiger charge is -2.29. The average Bonchev–Trinajstić information content (AvgIpc) is 3.39. The fourth-order valence-corrected chi connectivity index (χ4v) is 3.56. The summed E-state index contributed by atoms with van der Waals surface area (Å²) < 4.78 is 40.1. The molecule has 1 atom stereocenters. The third-order valence-corrected chi connectivity index (χ3v) is 5.48. The van der Waals surface area contributed by atoms with Gasteiger partial charge in [0, 0.05) is 17.2 Å². The highest BCUT2D eigenvalue weighted by Crippen LogP contribution is 2.28. The quantitative estimate of drug-likeness (QED) is 0.261. The topological polar surface area (TPSA) is 86.5 Å². The van der Waals surface area contributed by atoms with E-state index in [0.29, 0.717) is 23.1 Å². The van der Waals surface area contributed by atoms with Crippen molar-refractivity contribution in [2.75, 3.05) is 13.7 Å². The van der Waals surface area contributed by atoms with E-state index in [4.69, 9.17) is 9.47 Å². The molecule has 0 radical (unpaired) electrons. The van der Waals surface area contributed by atoms with E-state index in [2.05, 4.69) is 10.1 Å². The van der Waals surface area contributed by atoms with Crippen LogP contribution in [0.1, 0.15) is 21.5 Å². The van der Waals surface area contributed by atoms with E-state index in [0.717, 1.165) is 11.6 Å². The predicted octanol–water partition coefficient (Wildman–Crippen LogP) is 4.43. The molecule has 1 aromatic heterocycles. The summed E-state index contributed by atoms with van der Waals surface area (Å²) in [6, 6.07) is 16.6. The number of ketones is 1. The molecule has 7 nitrogen and oxygen atoms in total. The zero-order valence-corrected chi connectivity index (χ0v) is 19.3. The maximum absolute atomic E-state index is 14.5. The van der Waals surface area contributed by atoms with Gasteiger partial charge in [0.2, 0.25) is 0 Å². The van der Waals surface area contributed by atoms with Crippen LogP contribution in [0.4, 0.5) is 8.78 Å². The number of carbonyl (C=O) groups is 1. The van der Waals surface area contributed by atoms with Gasteiger partial charge in [-0.3, -0.25) is 4.79 Å². The third-order valence-electron chi connectivity index (χ3n) is 5.48. The highest BCUT2D eigenvalue weighted by atomic mass is 19.1. The van der Waals surface area contributed by atoms with Crippen molar-refractivity contribution in [3.63, 3.8) is 0 Å². The summed E-state index contributed by atoms with van der Waals surface area (Å²) >= 11 is 0. The van der Waals surface area contributed by atoms with Crippen LogP contribution in [0.5, 0.6) is 11.5 Å². The number of aromatic nitrogens is 3. The number of hydrogen-bond acceptors (Lipinski definition) is 6. The van der Waals surface area contributed by atoms with Crippen molar-refractivity contribution < 1.29 is 28.2 Å². The molecule has 36 heavy (non-hydrogen) atoms. The zero-order chi connectivity index (χ0) is 25.5. The molecule has 0 saturated carbocycles. The SMILES string of the molecule is COc1ccc(C(=O)C=Cc2ccc(OCC(O)(Cn3cncn3)c3ccc(F)cc3F)cc2)cc1. The average molecular weight is 491 g/mol. The van der Waals surface area contributed by atoms with Crippen molar-refractivity contribution in [2.45, 2.75) is 12.1 Å². The van der Waals surface area contributed by atoms with E-state index >= 15 is 0 Å². The van der Waals surface area contributed by atoms with E-state index in [1.54, 1.807) is 61.7 Å². The Morgan fingerprint density at radius 2 is 1.78 bits per heavy atom. The van der Waals surface area contributed by atoms with Crippen LogP contribution in [-0.4, -0.2) is 39.4 Å². The molecule has 0 saturated heterocycles. The molecule has 4 aromatic rings. The number of rotatable bonds is 10. The van der Waals surface area contributed by atoms with Crippen LogP contribution in [-0.2, 0) is 12.1 Å². The number of hydrogen-bond donors (Lipinski definition) is 1. The third kappa shape index (κ3) is 6.00. The molecule has 1 N–H and O–H groups in total. The van der Waals surface area contributed by atoms with Crippen LogP contribution in [0.2, 0.25) is 0 Å². The van der Waals surface area contributed by atoms with E-state index in [1.807, 2.05) is 0 Å². The van der Waals surface area contributed by atoms with Gasteiger partial charge in [-0.05, 0) is 54.1 Å². The van der Waals surface area contributed by atoms with E-state index in [9.17, 15) is 18.7 Å². The van der Waals surface area contributed by atoms with Gasteiger partial charge in [-0.15, -0.1) is 0 Å². The maximum atomic E-state index is 14.5. The lowest BCUT2D eigenvalue weighted by molar-refractivity contribution is -0.0297. The molecule has 0 aliphatic rings. The summed E-state index contributed by atoms with van der Waals surface area (Å²) in [5.41, 5.74) is -0.691. The number of nitrogens with zero attached hydrogens (tertiary/aromatic N) is 3.